The normalized spacial score (nSPS) is 11.6. The number of benzene rings is 2. The lowest BCUT2D eigenvalue weighted by Gasteiger charge is -2.18. The van der Waals surface area contributed by atoms with E-state index in [1.54, 1.807) is 23.6 Å². The number of hydrogen-bond donors (Lipinski definition) is 1. The quantitative estimate of drug-likeness (QED) is 0.644. The van der Waals surface area contributed by atoms with Gasteiger partial charge in [-0.1, -0.05) is 36.4 Å². The van der Waals surface area contributed by atoms with E-state index >= 15 is 0 Å². The van der Waals surface area contributed by atoms with Gasteiger partial charge in [-0.2, -0.15) is 0 Å². The van der Waals surface area contributed by atoms with Crippen molar-refractivity contribution in [1.29, 1.82) is 0 Å². The number of halogens is 2. The first-order chi connectivity index (χ1) is 13.0. The Morgan fingerprint density at radius 3 is 2.41 bits per heavy atom. The Hall–Kier alpha value is -3.06. The molecular formula is C20H15F2NO3S. The maximum absolute atomic E-state index is 14.2. The van der Waals surface area contributed by atoms with Crippen LogP contribution in [0.25, 0.3) is 0 Å². The molecule has 1 N–H and O–H groups in total. The first kappa shape index (κ1) is 18.7. The highest BCUT2D eigenvalue weighted by Gasteiger charge is 2.28. The molecule has 0 aliphatic rings. The average Bonchev–Trinajstić information content (AvgIpc) is 3.21. The molecule has 0 saturated heterocycles. The predicted octanol–water partition coefficient (Wildman–Crippen LogP) is 4.24. The molecule has 3 rings (SSSR count). The van der Waals surface area contributed by atoms with Gasteiger partial charge in [-0.15, -0.1) is 11.3 Å². The number of esters is 1. The zero-order chi connectivity index (χ0) is 19.2. The van der Waals surface area contributed by atoms with Crippen LogP contribution in [0.2, 0.25) is 0 Å². The molecule has 138 valence electrons. The Labute approximate surface area is 158 Å². The van der Waals surface area contributed by atoms with E-state index in [9.17, 15) is 18.4 Å². The highest BCUT2D eigenvalue weighted by Crippen LogP contribution is 2.24. The molecular weight excluding hydrogens is 372 g/mol. The van der Waals surface area contributed by atoms with E-state index in [2.05, 4.69) is 5.32 Å². The molecule has 3 aromatic rings. The number of rotatable bonds is 6. The van der Waals surface area contributed by atoms with Crippen LogP contribution in [0, 0.1) is 11.6 Å². The highest BCUT2D eigenvalue weighted by atomic mass is 32.1. The average molecular weight is 387 g/mol. The summed E-state index contributed by atoms with van der Waals surface area (Å²) in [4.78, 5) is 25.2. The lowest BCUT2D eigenvalue weighted by Crippen LogP contribution is -2.32. The van der Waals surface area contributed by atoms with E-state index in [0.29, 0.717) is 10.4 Å². The lowest BCUT2D eigenvalue weighted by molar-refractivity contribution is -0.130. The van der Waals surface area contributed by atoms with Gasteiger partial charge in [0.2, 0.25) is 6.10 Å². The Balaban J connectivity index is 1.78. The van der Waals surface area contributed by atoms with Crippen molar-refractivity contribution in [3.05, 3.63) is 93.7 Å². The van der Waals surface area contributed by atoms with Crippen molar-refractivity contribution < 1.29 is 23.1 Å². The second-order valence-corrected chi connectivity index (χ2v) is 6.58. The number of hydrogen-bond acceptors (Lipinski definition) is 4. The van der Waals surface area contributed by atoms with Gasteiger partial charge in [-0.05, 0) is 35.2 Å². The van der Waals surface area contributed by atoms with Crippen molar-refractivity contribution in [3.8, 4) is 0 Å². The molecule has 1 amide bonds. The van der Waals surface area contributed by atoms with Gasteiger partial charge < -0.3 is 10.1 Å². The molecule has 1 unspecified atom stereocenters. The van der Waals surface area contributed by atoms with Crippen molar-refractivity contribution in [2.45, 2.75) is 12.6 Å². The second-order valence-electron chi connectivity index (χ2n) is 5.63. The number of nitrogens with one attached hydrogen (secondary N) is 1. The molecule has 0 fully saturated rings. The van der Waals surface area contributed by atoms with E-state index in [-0.39, 0.29) is 17.9 Å². The number of ether oxygens (including phenoxy) is 1. The summed E-state index contributed by atoms with van der Waals surface area (Å²) in [7, 11) is 0. The maximum atomic E-state index is 14.2. The smallest absolute Gasteiger partial charge is 0.349 e. The third kappa shape index (κ3) is 4.77. The van der Waals surface area contributed by atoms with Crippen molar-refractivity contribution >= 4 is 23.2 Å². The van der Waals surface area contributed by atoms with Crippen LogP contribution in [0.3, 0.4) is 0 Å². The molecule has 1 atom stereocenters. The molecule has 4 nitrogen and oxygen atoms in total. The van der Waals surface area contributed by atoms with Crippen LogP contribution in [-0.4, -0.2) is 11.9 Å². The molecule has 1 aromatic heterocycles. The molecule has 0 saturated carbocycles. The fourth-order valence-corrected chi connectivity index (χ4v) is 3.00. The molecule has 0 spiro atoms. The van der Waals surface area contributed by atoms with E-state index in [0.717, 1.165) is 11.3 Å². The standard InChI is InChI=1S/C20H15F2NO3S/c21-14-9-7-13(8-10-14)12-23-19(24)18(15-4-1-2-5-16(15)22)26-20(25)17-6-3-11-27-17/h1-11,18H,12H2,(H,23,24). The summed E-state index contributed by atoms with van der Waals surface area (Å²) >= 11 is 1.16. The summed E-state index contributed by atoms with van der Waals surface area (Å²) in [6.45, 7) is 0.0839. The van der Waals surface area contributed by atoms with Crippen molar-refractivity contribution in [3.63, 3.8) is 0 Å². The molecule has 0 aliphatic heterocycles. The minimum Gasteiger partial charge on any atom is -0.443 e. The fourth-order valence-electron chi connectivity index (χ4n) is 2.39. The Bertz CT molecular complexity index is 927. The van der Waals surface area contributed by atoms with Gasteiger partial charge in [0.05, 0.1) is 0 Å². The summed E-state index contributed by atoms with van der Waals surface area (Å²) in [6.07, 6.45) is -1.44. The van der Waals surface area contributed by atoms with Gasteiger partial charge in [0, 0.05) is 12.1 Å². The van der Waals surface area contributed by atoms with Gasteiger partial charge >= 0.3 is 5.97 Å². The second kappa shape index (κ2) is 8.55. The van der Waals surface area contributed by atoms with E-state index in [4.69, 9.17) is 4.74 Å². The minimum atomic E-state index is -1.44. The topological polar surface area (TPSA) is 55.4 Å². The first-order valence-electron chi connectivity index (χ1n) is 8.05. The van der Waals surface area contributed by atoms with Gasteiger partial charge in [0.25, 0.3) is 5.91 Å². The molecule has 2 aromatic carbocycles. The first-order valence-corrected chi connectivity index (χ1v) is 8.93. The van der Waals surface area contributed by atoms with Crippen LogP contribution in [-0.2, 0) is 16.1 Å². The van der Waals surface area contributed by atoms with E-state index < -0.39 is 23.8 Å². The van der Waals surface area contributed by atoms with Crippen LogP contribution < -0.4 is 5.32 Å². The van der Waals surface area contributed by atoms with Gasteiger partial charge in [-0.25, -0.2) is 13.6 Å². The van der Waals surface area contributed by atoms with Crippen LogP contribution in [0.4, 0.5) is 8.78 Å². The third-order valence-electron chi connectivity index (χ3n) is 3.75. The Kier molecular flexibility index (Phi) is 5.93. The van der Waals surface area contributed by atoms with E-state index in [1.165, 1.54) is 42.5 Å². The van der Waals surface area contributed by atoms with Crippen LogP contribution in [0.1, 0.15) is 26.9 Å². The third-order valence-corrected chi connectivity index (χ3v) is 4.60. The minimum absolute atomic E-state index is 0.0426. The summed E-state index contributed by atoms with van der Waals surface area (Å²) in [5.41, 5.74) is 0.612. The zero-order valence-corrected chi connectivity index (χ0v) is 14.8. The summed E-state index contributed by atoms with van der Waals surface area (Å²) in [6, 6.07) is 14.4. The molecule has 27 heavy (non-hydrogen) atoms. The Morgan fingerprint density at radius 2 is 1.74 bits per heavy atom. The molecule has 0 bridgehead atoms. The monoisotopic (exact) mass is 387 g/mol. The molecule has 0 aliphatic carbocycles. The van der Waals surface area contributed by atoms with Gasteiger partial charge in [0.15, 0.2) is 0 Å². The number of carbonyl (C=O) groups excluding carboxylic acids is 2. The summed E-state index contributed by atoms with van der Waals surface area (Å²) in [5.74, 6) is -2.43. The SMILES string of the molecule is O=C(OC(C(=O)NCc1ccc(F)cc1)c1ccccc1F)c1cccs1. The molecule has 0 radical (unpaired) electrons. The molecule has 7 heteroatoms. The maximum Gasteiger partial charge on any atom is 0.349 e. The highest BCUT2D eigenvalue weighted by molar-refractivity contribution is 7.11. The fraction of sp³-hybridized carbons (Fsp3) is 0.100. The van der Waals surface area contributed by atoms with Gasteiger partial charge in [-0.3, -0.25) is 4.79 Å². The lowest BCUT2D eigenvalue weighted by atomic mass is 10.1. The van der Waals surface area contributed by atoms with Crippen LogP contribution in [0.5, 0.6) is 0 Å². The van der Waals surface area contributed by atoms with Crippen LogP contribution in [0.15, 0.2) is 66.0 Å². The number of thiophene rings is 1. The molecule has 1 heterocycles. The van der Waals surface area contributed by atoms with Gasteiger partial charge in [0.1, 0.15) is 16.5 Å². The predicted molar refractivity (Wildman–Crippen MR) is 97.1 cm³/mol. The summed E-state index contributed by atoms with van der Waals surface area (Å²) < 4.78 is 32.5. The van der Waals surface area contributed by atoms with Crippen LogP contribution >= 0.6 is 11.3 Å². The van der Waals surface area contributed by atoms with Crippen molar-refractivity contribution in [2.75, 3.05) is 0 Å². The van der Waals surface area contributed by atoms with Crippen molar-refractivity contribution in [2.24, 2.45) is 0 Å². The zero-order valence-electron chi connectivity index (χ0n) is 14.0. The largest absolute Gasteiger partial charge is 0.443 e. The van der Waals surface area contributed by atoms with Crippen molar-refractivity contribution in [1.82, 2.24) is 5.32 Å². The summed E-state index contributed by atoms with van der Waals surface area (Å²) in [5, 5.41) is 4.29. The van der Waals surface area contributed by atoms with E-state index in [1.807, 2.05) is 0 Å². The Morgan fingerprint density at radius 1 is 1.00 bits per heavy atom. The number of amides is 1. The number of carbonyl (C=O) groups is 2.